The Labute approximate surface area is 125 Å². The molecule has 0 radical (unpaired) electrons. The second-order valence-corrected chi connectivity index (χ2v) is 6.21. The number of nitrogens with zero attached hydrogens (tertiary/aromatic N) is 2. The number of hydrogen-bond donors (Lipinski definition) is 0. The molecule has 1 aliphatic heterocycles. The number of likely N-dealkylation sites (tertiary alicyclic amines) is 1. The molecular formula is C17H22N2O2. The Balaban J connectivity index is 1.83. The average molecular weight is 286 g/mol. The lowest BCUT2D eigenvalue weighted by molar-refractivity contribution is -0.122. The molecule has 1 saturated carbocycles. The van der Waals surface area contributed by atoms with Crippen LogP contribution in [0.15, 0.2) is 18.3 Å². The van der Waals surface area contributed by atoms with Gasteiger partial charge in [0.25, 0.3) is 5.91 Å². The molecule has 2 atom stereocenters. The lowest BCUT2D eigenvalue weighted by Crippen LogP contribution is -2.48. The maximum absolute atomic E-state index is 12.8. The van der Waals surface area contributed by atoms with E-state index in [2.05, 4.69) is 4.98 Å². The van der Waals surface area contributed by atoms with E-state index in [1.807, 2.05) is 17.9 Å². The molecular weight excluding hydrogens is 264 g/mol. The smallest absolute Gasteiger partial charge is 0.254 e. The summed E-state index contributed by atoms with van der Waals surface area (Å²) < 4.78 is 0. The normalized spacial score (nSPS) is 26.1. The highest BCUT2D eigenvalue weighted by Crippen LogP contribution is 2.33. The van der Waals surface area contributed by atoms with Gasteiger partial charge in [-0.3, -0.25) is 14.6 Å². The van der Waals surface area contributed by atoms with Crippen molar-refractivity contribution in [2.24, 2.45) is 5.92 Å². The first-order chi connectivity index (χ1) is 10.2. The first kappa shape index (κ1) is 14.2. The highest BCUT2D eigenvalue weighted by molar-refractivity contribution is 5.95. The van der Waals surface area contributed by atoms with Crippen LogP contribution in [0.3, 0.4) is 0 Å². The van der Waals surface area contributed by atoms with Crippen LogP contribution in [0.1, 0.15) is 54.6 Å². The van der Waals surface area contributed by atoms with Gasteiger partial charge in [0.15, 0.2) is 0 Å². The number of ketones is 1. The van der Waals surface area contributed by atoms with Crippen LogP contribution >= 0.6 is 0 Å². The van der Waals surface area contributed by atoms with E-state index < -0.39 is 0 Å². The summed E-state index contributed by atoms with van der Waals surface area (Å²) in [4.78, 5) is 31.0. The molecule has 2 heterocycles. The van der Waals surface area contributed by atoms with E-state index in [-0.39, 0.29) is 17.9 Å². The predicted molar refractivity (Wildman–Crippen MR) is 80.0 cm³/mol. The van der Waals surface area contributed by atoms with E-state index in [1.165, 1.54) is 0 Å². The van der Waals surface area contributed by atoms with Crippen molar-refractivity contribution in [1.82, 2.24) is 9.88 Å². The Bertz CT molecular complexity index is 555. The number of Topliss-reactive ketones (excluding diaryl/α,β-unsaturated/α-hetero) is 1. The molecule has 2 unspecified atom stereocenters. The summed E-state index contributed by atoms with van der Waals surface area (Å²) >= 11 is 0. The van der Waals surface area contributed by atoms with Gasteiger partial charge in [-0.15, -0.1) is 0 Å². The largest absolute Gasteiger partial charge is 0.335 e. The molecule has 4 nitrogen and oxygen atoms in total. The van der Waals surface area contributed by atoms with Gasteiger partial charge >= 0.3 is 0 Å². The average Bonchev–Trinajstić information content (AvgIpc) is 2.92. The Morgan fingerprint density at radius 3 is 2.86 bits per heavy atom. The fourth-order valence-electron chi connectivity index (χ4n) is 3.72. The Morgan fingerprint density at radius 2 is 2.14 bits per heavy atom. The van der Waals surface area contributed by atoms with Crippen molar-refractivity contribution in [1.29, 1.82) is 0 Å². The van der Waals surface area contributed by atoms with Crippen molar-refractivity contribution in [3.63, 3.8) is 0 Å². The zero-order valence-corrected chi connectivity index (χ0v) is 12.5. The van der Waals surface area contributed by atoms with Crippen LogP contribution in [0.5, 0.6) is 0 Å². The summed E-state index contributed by atoms with van der Waals surface area (Å²) in [6.07, 6.45) is 7.42. The van der Waals surface area contributed by atoms with Crippen molar-refractivity contribution in [2.75, 3.05) is 6.54 Å². The van der Waals surface area contributed by atoms with Crippen LogP contribution in [-0.4, -0.2) is 34.2 Å². The first-order valence-electron chi connectivity index (χ1n) is 7.93. The van der Waals surface area contributed by atoms with Gasteiger partial charge in [0.1, 0.15) is 5.78 Å². The molecule has 4 heteroatoms. The van der Waals surface area contributed by atoms with Gasteiger partial charge in [0, 0.05) is 42.4 Å². The highest BCUT2D eigenvalue weighted by atomic mass is 16.2. The maximum Gasteiger partial charge on any atom is 0.254 e. The third-order valence-corrected chi connectivity index (χ3v) is 4.77. The molecule has 112 valence electrons. The van der Waals surface area contributed by atoms with Gasteiger partial charge in [0.05, 0.1) is 0 Å². The molecule has 1 saturated heterocycles. The quantitative estimate of drug-likeness (QED) is 0.840. The topological polar surface area (TPSA) is 50.3 Å². The molecule has 1 amide bonds. The van der Waals surface area contributed by atoms with Crippen LogP contribution in [0.4, 0.5) is 0 Å². The molecule has 2 aliphatic rings. The third-order valence-electron chi connectivity index (χ3n) is 4.77. The second kappa shape index (κ2) is 5.96. The summed E-state index contributed by atoms with van der Waals surface area (Å²) in [5.74, 6) is 0.479. The first-order valence-corrected chi connectivity index (χ1v) is 7.93. The minimum Gasteiger partial charge on any atom is -0.335 e. The molecule has 0 bridgehead atoms. The molecule has 1 aromatic heterocycles. The van der Waals surface area contributed by atoms with Gasteiger partial charge in [-0.05, 0) is 51.2 Å². The molecule has 2 fully saturated rings. The van der Waals surface area contributed by atoms with Gasteiger partial charge in [-0.2, -0.15) is 0 Å². The number of carbonyl (C=O) groups excluding carboxylic acids is 2. The van der Waals surface area contributed by atoms with Crippen LogP contribution in [0.25, 0.3) is 0 Å². The fourth-order valence-corrected chi connectivity index (χ4v) is 3.72. The van der Waals surface area contributed by atoms with E-state index in [1.54, 1.807) is 12.3 Å². The standard InChI is InChI=1S/C17H22N2O2/c1-12-11-13(8-9-18-12)17(21)19-10-3-2-6-15(19)14-5-4-7-16(14)20/h8-9,11,14-15H,2-7,10H2,1H3. The van der Waals surface area contributed by atoms with Crippen LogP contribution in [0, 0.1) is 12.8 Å². The summed E-state index contributed by atoms with van der Waals surface area (Å²) in [7, 11) is 0. The van der Waals surface area contributed by atoms with Crippen LogP contribution in [0.2, 0.25) is 0 Å². The summed E-state index contributed by atoms with van der Waals surface area (Å²) in [6.45, 7) is 2.67. The number of pyridine rings is 1. The van der Waals surface area contributed by atoms with Gasteiger partial charge in [0.2, 0.25) is 0 Å². The molecule has 0 aromatic carbocycles. The number of aryl methyl sites for hydroxylation is 1. The molecule has 1 aromatic rings. The summed E-state index contributed by atoms with van der Waals surface area (Å²) in [6, 6.07) is 3.72. The number of hydrogen-bond acceptors (Lipinski definition) is 3. The van der Waals surface area contributed by atoms with E-state index in [9.17, 15) is 9.59 Å². The number of carbonyl (C=O) groups is 2. The predicted octanol–water partition coefficient (Wildman–Crippen LogP) is 2.75. The van der Waals surface area contributed by atoms with Crippen LogP contribution < -0.4 is 0 Å². The third kappa shape index (κ3) is 2.85. The van der Waals surface area contributed by atoms with E-state index >= 15 is 0 Å². The van der Waals surface area contributed by atoms with Crippen LogP contribution in [-0.2, 0) is 4.79 Å². The van der Waals surface area contributed by atoms with Crippen molar-refractivity contribution < 1.29 is 9.59 Å². The summed E-state index contributed by atoms with van der Waals surface area (Å²) in [5.41, 5.74) is 1.55. The number of piperidine rings is 1. The second-order valence-electron chi connectivity index (χ2n) is 6.21. The number of amides is 1. The zero-order valence-electron chi connectivity index (χ0n) is 12.5. The molecule has 3 rings (SSSR count). The Hall–Kier alpha value is -1.71. The Morgan fingerprint density at radius 1 is 1.29 bits per heavy atom. The lowest BCUT2D eigenvalue weighted by Gasteiger charge is -2.38. The maximum atomic E-state index is 12.8. The van der Waals surface area contributed by atoms with Gasteiger partial charge < -0.3 is 4.90 Å². The number of aromatic nitrogens is 1. The van der Waals surface area contributed by atoms with Crippen molar-refractivity contribution >= 4 is 11.7 Å². The number of rotatable bonds is 2. The van der Waals surface area contributed by atoms with Gasteiger partial charge in [-0.25, -0.2) is 0 Å². The molecule has 21 heavy (non-hydrogen) atoms. The molecule has 1 aliphatic carbocycles. The lowest BCUT2D eigenvalue weighted by atomic mass is 9.88. The molecule has 0 N–H and O–H groups in total. The zero-order chi connectivity index (χ0) is 14.8. The SMILES string of the molecule is Cc1cc(C(=O)N2CCCCC2C2CCCC2=O)ccn1. The van der Waals surface area contributed by atoms with E-state index in [0.29, 0.717) is 17.8 Å². The minimum absolute atomic E-state index is 0.0601. The van der Waals surface area contributed by atoms with Gasteiger partial charge in [-0.1, -0.05) is 0 Å². The summed E-state index contributed by atoms with van der Waals surface area (Å²) in [5, 5.41) is 0. The monoisotopic (exact) mass is 286 g/mol. The highest BCUT2D eigenvalue weighted by Gasteiger charge is 2.38. The van der Waals surface area contributed by atoms with E-state index in [0.717, 1.165) is 44.3 Å². The van der Waals surface area contributed by atoms with Crippen molar-refractivity contribution in [2.45, 2.75) is 51.5 Å². The minimum atomic E-state index is 0.0601. The fraction of sp³-hybridized carbons (Fsp3) is 0.588. The van der Waals surface area contributed by atoms with Crippen molar-refractivity contribution in [3.05, 3.63) is 29.6 Å². The van der Waals surface area contributed by atoms with E-state index in [4.69, 9.17) is 0 Å². The Kier molecular flexibility index (Phi) is 4.04. The molecule has 0 spiro atoms. The van der Waals surface area contributed by atoms with Crippen molar-refractivity contribution in [3.8, 4) is 0 Å².